The maximum absolute atomic E-state index is 12.4. The highest BCUT2D eigenvalue weighted by Gasteiger charge is 2.18. The van der Waals surface area contributed by atoms with E-state index in [4.69, 9.17) is 5.26 Å². The van der Waals surface area contributed by atoms with E-state index >= 15 is 0 Å². The summed E-state index contributed by atoms with van der Waals surface area (Å²) >= 11 is 0. The number of rotatable bonds is 6. The Morgan fingerprint density at radius 3 is 2.27 bits per heavy atom. The van der Waals surface area contributed by atoms with E-state index in [2.05, 4.69) is 10.6 Å². The molecule has 0 aliphatic heterocycles. The largest absolute Gasteiger partial charge is 0.355 e. The van der Waals surface area contributed by atoms with Crippen LogP contribution in [0.5, 0.6) is 0 Å². The van der Waals surface area contributed by atoms with Crippen LogP contribution in [0.4, 0.5) is 5.69 Å². The number of amides is 2. The van der Waals surface area contributed by atoms with Crippen molar-refractivity contribution in [2.24, 2.45) is 0 Å². The number of nitrogens with zero attached hydrogens (tertiary/aromatic N) is 2. The van der Waals surface area contributed by atoms with Crippen LogP contribution in [0, 0.1) is 11.3 Å². The molecule has 0 fully saturated rings. The van der Waals surface area contributed by atoms with Gasteiger partial charge >= 0.3 is 0 Å². The number of carbonyl (C=O) groups is 2. The molecule has 0 aliphatic rings. The number of carbonyl (C=O) groups excluding carboxylic acids is 2. The summed E-state index contributed by atoms with van der Waals surface area (Å²) in [6.45, 7) is 2.41. The minimum atomic E-state index is -0.343. The Morgan fingerprint density at radius 2 is 1.73 bits per heavy atom. The van der Waals surface area contributed by atoms with E-state index < -0.39 is 0 Å². The molecule has 2 rings (SSSR count). The molecule has 0 heterocycles. The molecular formula is C20H22N4O2. The van der Waals surface area contributed by atoms with Crippen LogP contribution in [0.15, 0.2) is 48.5 Å². The normalized spacial score (nSPS) is 11.5. The average Bonchev–Trinajstić information content (AvgIpc) is 2.67. The molecule has 0 spiro atoms. The van der Waals surface area contributed by atoms with Crippen molar-refractivity contribution in [1.82, 2.24) is 10.2 Å². The predicted molar refractivity (Wildman–Crippen MR) is 101 cm³/mol. The fourth-order valence-corrected chi connectivity index (χ4v) is 2.41. The lowest BCUT2D eigenvalue weighted by Crippen LogP contribution is -2.39. The second-order valence-corrected chi connectivity index (χ2v) is 6.05. The van der Waals surface area contributed by atoms with Gasteiger partial charge < -0.3 is 10.6 Å². The second kappa shape index (κ2) is 8.79. The zero-order valence-corrected chi connectivity index (χ0v) is 15.1. The first-order valence-corrected chi connectivity index (χ1v) is 8.27. The van der Waals surface area contributed by atoms with Gasteiger partial charge in [-0.05, 0) is 55.9 Å². The third-order valence-corrected chi connectivity index (χ3v) is 4.20. The summed E-state index contributed by atoms with van der Waals surface area (Å²) in [7, 11) is 3.47. The Labute approximate surface area is 153 Å². The molecule has 1 atom stereocenters. The van der Waals surface area contributed by atoms with Gasteiger partial charge in [-0.15, -0.1) is 0 Å². The van der Waals surface area contributed by atoms with Crippen molar-refractivity contribution < 1.29 is 9.59 Å². The van der Waals surface area contributed by atoms with E-state index in [1.807, 2.05) is 37.1 Å². The molecule has 2 aromatic rings. The van der Waals surface area contributed by atoms with Crippen molar-refractivity contribution in [2.45, 2.75) is 19.5 Å². The van der Waals surface area contributed by atoms with Gasteiger partial charge in [-0.25, -0.2) is 0 Å². The van der Waals surface area contributed by atoms with Crippen molar-refractivity contribution >= 4 is 17.5 Å². The summed E-state index contributed by atoms with van der Waals surface area (Å²) in [5.74, 6) is -0.251. The second-order valence-electron chi connectivity index (χ2n) is 6.05. The molecule has 0 aliphatic carbocycles. The van der Waals surface area contributed by atoms with Gasteiger partial charge in [-0.3, -0.25) is 14.5 Å². The average molecular weight is 350 g/mol. The number of hydrogen-bond acceptors (Lipinski definition) is 4. The maximum Gasteiger partial charge on any atom is 0.251 e. The molecule has 6 nitrogen and oxygen atoms in total. The zero-order valence-electron chi connectivity index (χ0n) is 15.1. The summed E-state index contributed by atoms with van der Waals surface area (Å²) in [5, 5.41) is 14.2. The van der Waals surface area contributed by atoms with Gasteiger partial charge in [0.15, 0.2) is 0 Å². The molecule has 2 amide bonds. The standard InChI is InChI=1S/C20H22N4O2/c1-14(19(25)23-18-10-6-15(12-21)7-11-18)24(3)13-16-4-8-17(9-5-16)20(26)22-2/h4-11,14H,13H2,1-3H3,(H,22,26)(H,23,25)/t14-/m1/s1. The van der Waals surface area contributed by atoms with E-state index in [0.717, 1.165) is 5.56 Å². The van der Waals surface area contributed by atoms with E-state index in [1.165, 1.54) is 0 Å². The van der Waals surface area contributed by atoms with Crippen LogP contribution in [0.25, 0.3) is 0 Å². The first kappa shape index (κ1) is 19.2. The molecule has 26 heavy (non-hydrogen) atoms. The molecule has 0 unspecified atom stereocenters. The topological polar surface area (TPSA) is 85.2 Å². The number of anilines is 1. The number of hydrogen-bond donors (Lipinski definition) is 2. The number of benzene rings is 2. The fourth-order valence-electron chi connectivity index (χ4n) is 2.41. The van der Waals surface area contributed by atoms with Crippen molar-refractivity contribution in [1.29, 1.82) is 5.26 Å². The van der Waals surface area contributed by atoms with Gasteiger partial charge in [-0.1, -0.05) is 12.1 Å². The molecule has 0 bridgehead atoms. The third kappa shape index (κ3) is 4.91. The maximum atomic E-state index is 12.4. The first-order chi connectivity index (χ1) is 12.4. The summed E-state index contributed by atoms with van der Waals surface area (Å²) in [6.07, 6.45) is 0. The quantitative estimate of drug-likeness (QED) is 0.838. The Bertz CT molecular complexity index is 807. The monoisotopic (exact) mass is 350 g/mol. The summed E-state index contributed by atoms with van der Waals surface area (Å²) in [5.41, 5.74) is 2.82. The highest BCUT2D eigenvalue weighted by Crippen LogP contribution is 2.12. The van der Waals surface area contributed by atoms with Crippen LogP contribution >= 0.6 is 0 Å². The molecule has 0 saturated carbocycles. The van der Waals surface area contributed by atoms with Crippen LogP contribution < -0.4 is 10.6 Å². The Balaban J connectivity index is 1.95. The molecule has 0 aromatic heterocycles. The zero-order chi connectivity index (χ0) is 19.1. The van der Waals surface area contributed by atoms with Crippen molar-refractivity contribution in [3.8, 4) is 6.07 Å². The van der Waals surface area contributed by atoms with Crippen molar-refractivity contribution in [3.05, 3.63) is 65.2 Å². The molecule has 2 N–H and O–H groups in total. The minimum Gasteiger partial charge on any atom is -0.355 e. The van der Waals surface area contributed by atoms with E-state index in [-0.39, 0.29) is 17.9 Å². The number of likely N-dealkylation sites (N-methyl/N-ethyl adjacent to an activating group) is 1. The number of nitriles is 1. The minimum absolute atomic E-state index is 0.125. The van der Waals surface area contributed by atoms with Gasteiger partial charge in [-0.2, -0.15) is 5.26 Å². The van der Waals surface area contributed by atoms with Gasteiger partial charge in [0.2, 0.25) is 5.91 Å². The van der Waals surface area contributed by atoms with E-state index in [1.54, 1.807) is 43.4 Å². The van der Waals surface area contributed by atoms with Crippen molar-refractivity contribution in [3.63, 3.8) is 0 Å². The van der Waals surface area contributed by atoms with Crippen molar-refractivity contribution in [2.75, 3.05) is 19.4 Å². The highest BCUT2D eigenvalue weighted by molar-refractivity contribution is 5.94. The fraction of sp³-hybridized carbons (Fsp3) is 0.250. The molecular weight excluding hydrogens is 328 g/mol. The van der Waals surface area contributed by atoms with E-state index in [9.17, 15) is 9.59 Å². The van der Waals surface area contributed by atoms with Crippen LogP contribution in [0.1, 0.15) is 28.4 Å². The van der Waals surface area contributed by atoms with Gasteiger partial charge in [0.25, 0.3) is 5.91 Å². The lowest BCUT2D eigenvalue weighted by atomic mass is 10.1. The molecule has 2 aromatic carbocycles. The van der Waals surface area contributed by atoms with Gasteiger partial charge in [0, 0.05) is 24.8 Å². The van der Waals surface area contributed by atoms with Crippen LogP contribution in [0.2, 0.25) is 0 Å². The lowest BCUT2D eigenvalue weighted by Gasteiger charge is -2.24. The molecule has 134 valence electrons. The van der Waals surface area contributed by atoms with E-state index in [0.29, 0.717) is 23.4 Å². The summed E-state index contributed by atoms with van der Waals surface area (Å²) in [6, 6.07) is 15.7. The molecule has 0 saturated heterocycles. The Kier molecular flexibility index (Phi) is 6.48. The van der Waals surface area contributed by atoms with Crippen LogP contribution in [-0.2, 0) is 11.3 Å². The number of nitrogens with one attached hydrogen (secondary N) is 2. The smallest absolute Gasteiger partial charge is 0.251 e. The molecule has 6 heteroatoms. The van der Waals surface area contributed by atoms with Crippen LogP contribution in [-0.4, -0.2) is 36.9 Å². The van der Waals surface area contributed by atoms with Gasteiger partial charge in [0.05, 0.1) is 17.7 Å². The Hall–Kier alpha value is -3.17. The lowest BCUT2D eigenvalue weighted by molar-refractivity contribution is -0.120. The van der Waals surface area contributed by atoms with Crippen LogP contribution in [0.3, 0.4) is 0 Å². The summed E-state index contributed by atoms with van der Waals surface area (Å²) in [4.78, 5) is 25.9. The summed E-state index contributed by atoms with van der Waals surface area (Å²) < 4.78 is 0. The Morgan fingerprint density at radius 1 is 1.12 bits per heavy atom. The predicted octanol–water partition coefficient (Wildman–Crippen LogP) is 2.38. The first-order valence-electron chi connectivity index (χ1n) is 8.27. The molecule has 0 radical (unpaired) electrons. The third-order valence-electron chi connectivity index (χ3n) is 4.20. The van der Waals surface area contributed by atoms with Gasteiger partial charge in [0.1, 0.15) is 0 Å². The SMILES string of the molecule is CNC(=O)c1ccc(CN(C)[C@H](C)C(=O)Nc2ccc(C#N)cc2)cc1. The highest BCUT2D eigenvalue weighted by atomic mass is 16.2.